The fourth-order valence-electron chi connectivity index (χ4n) is 1.51. The Labute approximate surface area is 90.4 Å². The summed E-state index contributed by atoms with van der Waals surface area (Å²) in [5.41, 5.74) is 0. The molecule has 0 spiro atoms. The molecule has 1 rings (SSSR count). The van der Waals surface area contributed by atoms with Gasteiger partial charge in [0.2, 0.25) is 5.91 Å². The summed E-state index contributed by atoms with van der Waals surface area (Å²) in [6.45, 7) is 5.56. The molecule has 0 aromatic rings. The van der Waals surface area contributed by atoms with Crippen molar-refractivity contribution in [2.75, 3.05) is 24.6 Å². The van der Waals surface area contributed by atoms with Crippen molar-refractivity contribution in [2.45, 2.75) is 26.3 Å². The van der Waals surface area contributed by atoms with Crippen LogP contribution in [0.25, 0.3) is 0 Å². The molecule has 0 radical (unpaired) electrons. The fourth-order valence-corrected chi connectivity index (χ4v) is 2.79. The highest BCUT2D eigenvalue weighted by Gasteiger charge is 2.17. The van der Waals surface area contributed by atoms with Gasteiger partial charge in [-0.05, 0) is 44.2 Å². The van der Waals surface area contributed by atoms with Crippen LogP contribution in [0.5, 0.6) is 0 Å². The first-order valence-corrected chi connectivity index (χ1v) is 6.48. The van der Waals surface area contributed by atoms with Crippen molar-refractivity contribution in [3.05, 3.63) is 0 Å². The number of nitrogens with one attached hydrogen (secondary N) is 2. The monoisotopic (exact) mass is 216 g/mol. The molecule has 2 N–H and O–H groups in total. The molecule has 0 aliphatic carbocycles. The predicted molar refractivity (Wildman–Crippen MR) is 61.6 cm³/mol. The first-order chi connectivity index (χ1) is 6.74. The Morgan fingerprint density at radius 1 is 1.64 bits per heavy atom. The van der Waals surface area contributed by atoms with Gasteiger partial charge < -0.3 is 10.6 Å². The van der Waals surface area contributed by atoms with Crippen LogP contribution in [0.1, 0.15) is 20.3 Å². The molecule has 4 heteroatoms. The second kappa shape index (κ2) is 6.30. The highest BCUT2D eigenvalue weighted by atomic mass is 32.2. The van der Waals surface area contributed by atoms with E-state index in [9.17, 15) is 4.79 Å². The number of hydrogen-bond acceptors (Lipinski definition) is 3. The number of thioether (sulfide) groups is 1. The quantitative estimate of drug-likeness (QED) is 0.716. The van der Waals surface area contributed by atoms with Crippen molar-refractivity contribution in [3.8, 4) is 0 Å². The van der Waals surface area contributed by atoms with Crippen molar-refractivity contribution in [2.24, 2.45) is 5.92 Å². The SMILES string of the molecule is CCNC(=O)C(C)NCC1CCSC1. The van der Waals surface area contributed by atoms with Gasteiger partial charge in [-0.15, -0.1) is 0 Å². The molecule has 0 bridgehead atoms. The number of rotatable bonds is 5. The highest BCUT2D eigenvalue weighted by Crippen LogP contribution is 2.22. The van der Waals surface area contributed by atoms with E-state index in [1.54, 1.807) is 0 Å². The van der Waals surface area contributed by atoms with Gasteiger partial charge in [0.25, 0.3) is 0 Å². The molecule has 1 saturated heterocycles. The summed E-state index contributed by atoms with van der Waals surface area (Å²) in [5, 5.41) is 6.10. The molecule has 0 aromatic heterocycles. The van der Waals surface area contributed by atoms with Gasteiger partial charge in [-0.3, -0.25) is 4.79 Å². The van der Waals surface area contributed by atoms with E-state index in [4.69, 9.17) is 0 Å². The molecule has 1 aliphatic rings. The van der Waals surface area contributed by atoms with E-state index >= 15 is 0 Å². The average Bonchev–Trinajstić information content (AvgIpc) is 2.67. The lowest BCUT2D eigenvalue weighted by atomic mass is 10.1. The molecule has 2 unspecified atom stereocenters. The van der Waals surface area contributed by atoms with Crippen molar-refractivity contribution >= 4 is 17.7 Å². The summed E-state index contributed by atoms with van der Waals surface area (Å²) in [4.78, 5) is 11.4. The van der Waals surface area contributed by atoms with E-state index in [0.717, 1.165) is 12.5 Å². The minimum absolute atomic E-state index is 0.0550. The molecular formula is C10H20N2OS. The molecule has 0 aromatic carbocycles. The van der Waals surface area contributed by atoms with Gasteiger partial charge in [0.1, 0.15) is 0 Å². The van der Waals surface area contributed by atoms with E-state index in [1.165, 1.54) is 17.9 Å². The second-order valence-corrected chi connectivity index (χ2v) is 4.90. The Bertz CT molecular complexity index is 181. The number of carbonyl (C=O) groups is 1. The lowest BCUT2D eigenvalue weighted by Gasteiger charge is -2.15. The Balaban J connectivity index is 2.13. The van der Waals surface area contributed by atoms with Crippen molar-refractivity contribution in [3.63, 3.8) is 0 Å². The van der Waals surface area contributed by atoms with Crippen molar-refractivity contribution < 1.29 is 4.79 Å². The zero-order chi connectivity index (χ0) is 10.4. The molecule has 1 amide bonds. The van der Waals surface area contributed by atoms with E-state index in [1.807, 2.05) is 25.6 Å². The summed E-state index contributed by atoms with van der Waals surface area (Å²) in [6, 6.07) is -0.0550. The molecule has 3 nitrogen and oxygen atoms in total. The van der Waals surface area contributed by atoms with Crippen LogP contribution in [0.4, 0.5) is 0 Å². The normalized spacial score (nSPS) is 23.4. The van der Waals surface area contributed by atoms with Gasteiger partial charge in [-0.25, -0.2) is 0 Å². The van der Waals surface area contributed by atoms with Gasteiger partial charge in [-0.1, -0.05) is 0 Å². The van der Waals surface area contributed by atoms with E-state index < -0.39 is 0 Å². The third kappa shape index (κ3) is 3.88. The Hall–Kier alpha value is -0.220. The minimum atomic E-state index is -0.0550. The summed E-state index contributed by atoms with van der Waals surface area (Å²) in [7, 11) is 0. The second-order valence-electron chi connectivity index (χ2n) is 3.75. The van der Waals surface area contributed by atoms with Crippen molar-refractivity contribution in [1.82, 2.24) is 10.6 Å². The summed E-state index contributed by atoms with van der Waals surface area (Å²) in [5.74, 6) is 3.40. The maximum absolute atomic E-state index is 11.4. The fraction of sp³-hybridized carbons (Fsp3) is 0.900. The third-order valence-corrected chi connectivity index (χ3v) is 3.71. The standard InChI is InChI=1S/C10H20N2OS/c1-3-11-10(13)8(2)12-6-9-4-5-14-7-9/h8-9,12H,3-7H2,1-2H3,(H,11,13). The molecule has 82 valence electrons. The first kappa shape index (κ1) is 11.9. The molecule has 1 aliphatic heterocycles. The van der Waals surface area contributed by atoms with Crippen LogP contribution >= 0.6 is 11.8 Å². The largest absolute Gasteiger partial charge is 0.355 e. The van der Waals surface area contributed by atoms with Gasteiger partial charge >= 0.3 is 0 Å². The highest BCUT2D eigenvalue weighted by molar-refractivity contribution is 7.99. The van der Waals surface area contributed by atoms with Gasteiger partial charge in [0.05, 0.1) is 6.04 Å². The number of amides is 1. The minimum Gasteiger partial charge on any atom is -0.355 e. The lowest BCUT2D eigenvalue weighted by Crippen LogP contribution is -2.43. The van der Waals surface area contributed by atoms with E-state index in [-0.39, 0.29) is 11.9 Å². The van der Waals surface area contributed by atoms with Crippen LogP contribution in [-0.4, -0.2) is 36.5 Å². The molecule has 2 atom stereocenters. The summed E-state index contributed by atoms with van der Waals surface area (Å²) >= 11 is 2.01. The zero-order valence-corrected chi connectivity index (χ0v) is 9.82. The Morgan fingerprint density at radius 2 is 2.43 bits per heavy atom. The van der Waals surface area contributed by atoms with Crippen LogP contribution in [0, 0.1) is 5.92 Å². The van der Waals surface area contributed by atoms with Crippen molar-refractivity contribution in [1.29, 1.82) is 0 Å². The number of likely N-dealkylation sites (N-methyl/N-ethyl adjacent to an activating group) is 1. The van der Waals surface area contributed by atoms with E-state index in [0.29, 0.717) is 6.54 Å². The van der Waals surface area contributed by atoms with Gasteiger partial charge in [-0.2, -0.15) is 11.8 Å². The average molecular weight is 216 g/mol. The zero-order valence-electron chi connectivity index (χ0n) is 9.01. The first-order valence-electron chi connectivity index (χ1n) is 5.33. The number of hydrogen-bond donors (Lipinski definition) is 2. The van der Waals surface area contributed by atoms with Crippen LogP contribution in [-0.2, 0) is 4.79 Å². The molecule has 1 heterocycles. The predicted octanol–water partition coefficient (Wildman–Crippen LogP) is 0.854. The Kier molecular flexibility index (Phi) is 5.33. The topological polar surface area (TPSA) is 41.1 Å². The number of carbonyl (C=O) groups excluding carboxylic acids is 1. The van der Waals surface area contributed by atoms with Crippen LogP contribution in [0.2, 0.25) is 0 Å². The summed E-state index contributed by atoms with van der Waals surface area (Å²) in [6.07, 6.45) is 1.29. The molecule has 0 saturated carbocycles. The van der Waals surface area contributed by atoms with Gasteiger partial charge in [0.15, 0.2) is 0 Å². The molecule has 14 heavy (non-hydrogen) atoms. The maximum Gasteiger partial charge on any atom is 0.236 e. The molecular weight excluding hydrogens is 196 g/mol. The lowest BCUT2D eigenvalue weighted by molar-refractivity contribution is -0.122. The van der Waals surface area contributed by atoms with Crippen LogP contribution < -0.4 is 10.6 Å². The van der Waals surface area contributed by atoms with Gasteiger partial charge in [0, 0.05) is 6.54 Å². The summed E-state index contributed by atoms with van der Waals surface area (Å²) < 4.78 is 0. The smallest absolute Gasteiger partial charge is 0.236 e. The van der Waals surface area contributed by atoms with Crippen LogP contribution in [0.3, 0.4) is 0 Å². The van der Waals surface area contributed by atoms with Crippen LogP contribution in [0.15, 0.2) is 0 Å². The third-order valence-electron chi connectivity index (χ3n) is 2.48. The Morgan fingerprint density at radius 3 is 3.00 bits per heavy atom. The van der Waals surface area contributed by atoms with E-state index in [2.05, 4.69) is 10.6 Å². The molecule has 1 fully saturated rings. The maximum atomic E-state index is 11.4.